The van der Waals surface area contributed by atoms with Crippen molar-refractivity contribution in [2.45, 2.75) is 6.92 Å². The van der Waals surface area contributed by atoms with Crippen molar-refractivity contribution in [1.29, 1.82) is 0 Å². The van der Waals surface area contributed by atoms with E-state index in [0.29, 0.717) is 22.2 Å². The van der Waals surface area contributed by atoms with Crippen molar-refractivity contribution in [3.63, 3.8) is 0 Å². The SMILES string of the molecule is CCNC(=O)c1cc2ccc(OC(=O)COc3ccc(Br)cc3Br)cc2oc1=O. The molecule has 0 spiro atoms. The third kappa shape index (κ3) is 5.24. The van der Waals surface area contributed by atoms with Gasteiger partial charge in [0.1, 0.15) is 22.6 Å². The highest BCUT2D eigenvalue weighted by atomic mass is 79.9. The fraction of sp³-hybridized carbons (Fsp3) is 0.150. The molecule has 3 rings (SSSR count). The number of amides is 1. The van der Waals surface area contributed by atoms with Crippen molar-refractivity contribution < 1.29 is 23.5 Å². The molecule has 1 heterocycles. The van der Waals surface area contributed by atoms with Gasteiger partial charge in [0.2, 0.25) is 0 Å². The van der Waals surface area contributed by atoms with Crippen LogP contribution in [-0.2, 0) is 4.79 Å². The number of fused-ring (bicyclic) bond motifs is 1. The first-order chi connectivity index (χ1) is 13.9. The van der Waals surface area contributed by atoms with Gasteiger partial charge in [-0.15, -0.1) is 0 Å². The Morgan fingerprint density at radius 3 is 2.62 bits per heavy atom. The predicted molar refractivity (Wildman–Crippen MR) is 113 cm³/mol. The van der Waals surface area contributed by atoms with E-state index in [1.54, 1.807) is 31.2 Å². The monoisotopic (exact) mass is 523 g/mol. The van der Waals surface area contributed by atoms with Crippen LogP contribution in [0.25, 0.3) is 11.0 Å². The highest BCUT2D eigenvalue weighted by molar-refractivity contribution is 9.11. The lowest BCUT2D eigenvalue weighted by Crippen LogP contribution is -2.27. The molecule has 1 amide bonds. The lowest BCUT2D eigenvalue weighted by molar-refractivity contribution is -0.136. The average Bonchev–Trinajstić information content (AvgIpc) is 2.67. The van der Waals surface area contributed by atoms with Crippen molar-refractivity contribution in [3.05, 3.63) is 67.4 Å². The number of esters is 1. The standard InChI is InChI=1S/C20H15Br2NO6/c1-2-23-19(25)14-7-11-3-5-13(9-17(11)29-20(14)26)28-18(24)10-27-16-6-4-12(21)8-15(16)22/h3-9H,2,10H2,1H3,(H,23,25). The summed E-state index contributed by atoms with van der Waals surface area (Å²) in [5.74, 6) is -0.446. The van der Waals surface area contributed by atoms with E-state index < -0.39 is 17.5 Å². The molecule has 150 valence electrons. The third-order valence-corrected chi connectivity index (χ3v) is 4.87. The van der Waals surface area contributed by atoms with Crippen molar-refractivity contribution in [2.24, 2.45) is 0 Å². The molecule has 0 aliphatic carbocycles. The molecule has 1 aromatic heterocycles. The van der Waals surface area contributed by atoms with Crippen molar-refractivity contribution in [3.8, 4) is 11.5 Å². The van der Waals surface area contributed by atoms with Gasteiger partial charge in [0.05, 0.1) is 4.47 Å². The van der Waals surface area contributed by atoms with E-state index in [9.17, 15) is 14.4 Å². The molecule has 0 radical (unpaired) electrons. The van der Waals surface area contributed by atoms with Gasteiger partial charge < -0.3 is 19.2 Å². The number of benzene rings is 2. The van der Waals surface area contributed by atoms with Crippen molar-refractivity contribution in [1.82, 2.24) is 5.32 Å². The Morgan fingerprint density at radius 1 is 1.10 bits per heavy atom. The molecule has 7 nitrogen and oxygen atoms in total. The van der Waals surface area contributed by atoms with E-state index >= 15 is 0 Å². The number of ether oxygens (including phenoxy) is 2. The Balaban J connectivity index is 1.71. The minimum Gasteiger partial charge on any atom is -0.481 e. The highest BCUT2D eigenvalue weighted by Crippen LogP contribution is 2.28. The maximum atomic E-state index is 12.1. The second-order valence-electron chi connectivity index (χ2n) is 5.84. The van der Waals surface area contributed by atoms with Gasteiger partial charge in [0, 0.05) is 22.5 Å². The van der Waals surface area contributed by atoms with E-state index in [0.717, 1.165) is 4.47 Å². The van der Waals surface area contributed by atoms with Gasteiger partial charge in [-0.3, -0.25) is 4.79 Å². The molecule has 2 aromatic carbocycles. The van der Waals surface area contributed by atoms with Crippen LogP contribution in [0.3, 0.4) is 0 Å². The number of nitrogens with one attached hydrogen (secondary N) is 1. The van der Waals surface area contributed by atoms with E-state index in [-0.39, 0.29) is 23.5 Å². The number of hydrogen-bond acceptors (Lipinski definition) is 6. The van der Waals surface area contributed by atoms with E-state index in [2.05, 4.69) is 37.2 Å². The molecule has 1 N–H and O–H groups in total. The maximum absolute atomic E-state index is 12.1. The largest absolute Gasteiger partial charge is 0.481 e. The van der Waals surface area contributed by atoms with Gasteiger partial charge in [-0.1, -0.05) is 15.9 Å². The molecule has 0 fully saturated rings. The maximum Gasteiger partial charge on any atom is 0.349 e. The molecule has 0 bridgehead atoms. The zero-order valence-electron chi connectivity index (χ0n) is 15.2. The van der Waals surface area contributed by atoms with Gasteiger partial charge in [0.15, 0.2) is 6.61 Å². The first kappa shape index (κ1) is 21.1. The summed E-state index contributed by atoms with van der Waals surface area (Å²) in [6.07, 6.45) is 0. The molecular weight excluding hydrogens is 510 g/mol. The number of carbonyl (C=O) groups excluding carboxylic acids is 2. The molecule has 0 aliphatic rings. The summed E-state index contributed by atoms with van der Waals surface area (Å²) >= 11 is 6.68. The molecule has 3 aromatic rings. The van der Waals surface area contributed by atoms with Crippen LogP contribution in [0.2, 0.25) is 0 Å². The van der Waals surface area contributed by atoms with E-state index in [1.807, 2.05) is 0 Å². The van der Waals surface area contributed by atoms with E-state index in [4.69, 9.17) is 13.9 Å². The van der Waals surface area contributed by atoms with Gasteiger partial charge in [-0.05, 0) is 59.3 Å². The van der Waals surface area contributed by atoms with Crippen LogP contribution in [0.5, 0.6) is 11.5 Å². The normalized spacial score (nSPS) is 10.6. The fourth-order valence-electron chi connectivity index (χ4n) is 2.46. The molecule has 0 saturated heterocycles. The summed E-state index contributed by atoms with van der Waals surface area (Å²) in [5, 5.41) is 3.08. The van der Waals surface area contributed by atoms with Gasteiger partial charge in [0.25, 0.3) is 5.91 Å². The first-order valence-electron chi connectivity index (χ1n) is 8.52. The number of carbonyl (C=O) groups is 2. The molecule has 0 aliphatic heterocycles. The third-order valence-electron chi connectivity index (χ3n) is 3.76. The van der Waals surface area contributed by atoms with Crippen LogP contribution in [0, 0.1) is 0 Å². The summed E-state index contributed by atoms with van der Waals surface area (Å²) < 4.78 is 17.4. The van der Waals surface area contributed by atoms with Crippen LogP contribution in [0.4, 0.5) is 0 Å². The number of halogens is 2. The highest BCUT2D eigenvalue weighted by Gasteiger charge is 2.14. The van der Waals surface area contributed by atoms with Crippen molar-refractivity contribution >= 4 is 54.7 Å². The Labute approximate surface area is 182 Å². The summed E-state index contributed by atoms with van der Waals surface area (Å²) in [5.41, 5.74) is -0.655. The zero-order chi connectivity index (χ0) is 21.0. The minimum absolute atomic E-state index is 0.0856. The lowest BCUT2D eigenvalue weighted by atomic mass is 10.1. The van der Waals surface area contributed by atoms with Crippen LogP contribution in [-0.4, -0.2) is 25.0 Å². The summed E-state index contributed by atoms with van der Waals surface area (Å²) in [4.78, 5) is 36.0. The Hall–Kier alpha value is -2.65. The Kier molecular flexibility index (Phi) is 6.71. The molecule has 0 atom stereocenters. The average molecular weight is 525 g/mol. The van der Waals surface area contributed by atoms with E-state index in [1.165, 1.54) is 18.2 Å². The Bertz CT molecular complexity index is 1140. The lowest BCUT2D eigenvalue weighted by Gasteiger charge is -2.09. The number of hydrogen-bond donors (Lipinski definition) is 1. The van der Waals surface area contributed by atoms with Crippen LogP contribution in [0.1, 0.15) is 17.3 Å². The summed E-state index contributed by atoms with van der Waals surface area (Å²) in [7, 11) is 0. The summed E-state index contributed by atoms with van der Waals surface area (Å²) in [6, 6.07) is 11.3. The van der Waals surface area contributed by atoms with Crippen LogP contribution in [0.15, 0.2) is 60.6 Å². The predicted octanol–water partition coefficient (Wildman–Crippen LogP) is 4.05. The second kappa shape index (κ2) is 9.23. The summed E-state index contributed by atoms with van der Waals surface area (Å²) in [6.45, 7) is 1.84. The molecule has 9 heteroatoms. The molecule has 29 heavy (non-hydrogen) atoms. The van der Waals surface area contributed by atoms with Crippen molar-refractivity contribution in [2.75, 3.05) is 13.2 Å². The number of rotatable bonds is 6. The topological polar surface area (TPSA) is 94.8 Å². The molecule has 0 unspecified atom stereocenters. The second-order valence-corrected chi connectivity index (χ2v) is 7.61. The zero-order valence-corrected chi connectivity index (χ0v) is 18.3. The molecule has 0 saturated carbocycles. The smallest absolute Gasteiger partial charge is 0.349 e. The van der Waals surface area contributed by atoms with Gasteiger partial charge in [-0.25, -0.2) is 9.59 Å². The minimum atomic E-state index is -0.768. The van der Waals surface area contributed by atoms with Crippen LogP contribution >= 0.6 is 31.9 Å². The first-order valence-corrected chi connectivity index (χ1v) is 10.1. The fourth-order valence-corrected chi connectivity index (χ4v) is 3.62. The van der Waals surface area contributed by atoms with Crippen LogP contribution < -0.4 is 20.4 Å². The quantitative estimate of drug-likeness (QED) is 0.297. The molecular formula is C20H15Br2NO6. The Morgan fingerprint density at radius 2 is 1.90 bits per heavy atom. The van der Waals surface area contributed by atoms with Gasteiger partial charge in [-0.2, -0.15) is 0 Å². The van der Waals surface area contributed by atoms with Gasteiger partial charge >= 0.3 is 11.6 Å².